The van der Waals surface area contributed by atoms with Gasteiger partial charge in [-0.2, -0.15) is 0 Å². The molecule has 1 saturated heterocycles. The van der Waals surface area contributed by atoms with Crippen LogP contribution in [0.15, 0.2) is 29.3 Å². The van der Waals surface area contributed by atoms with Gasteiger partial charge in [-0.15, -0.1) is 0 Å². The molecule has 1 N–H and O–H groups in total. The lowest BCUT2D eigenvalue weighted by Gasteiger charge is -2.30. The number of ether oxygens (including phenoxy) is 2. The number of hydrogen-bond acceptors (Lipinski definition) is 3. The highest BCUT2D eigenvalue weighted by molar-refractivity contribution is 6.76. The van der Waals surface area contributed by atoms with E-state index in [0.717, 1.165) is 11.3 Å². The summed E-state index contributed by atoms with van der Waals surface area (Å²) in [7, 11) is 1.60. The standard InChI is InChI=1S/C14H16Cl3N3O2/c1-21-11-4-2-10(3-5-11)12(19-13(18)14(15,16)17)20-6-8-22-9-7-20/h2-5,18H,6-9H2,1H3. The fraction of sp³-hybridized carbons (Fsp3) is 0.429. The van der Waals surface area contributed by atoms with E-state index in [1.165, 1.54) is 0 Å². The van der Waals surface area contributed by atoms with Crippen LogP contribution in [-0.4, -0.2) is 53.8 Å². The average molecular weight is 365 g/mol. The molecule has 1 heterocycles. The molecule has 8 heteroatoms. The van der Waals surface area contributed by atoms with Crippen molar-refractivity contribution in [1.82, 2.24) is 4.90 Å². The SMILES string of the molecule is COc1ccc(C(=NC(=N)C(Cl)(Cl)Cl)N2CCOCC2)cc1. The lowest BCUT2D eigenvalue weighted by Crippen LogP contribution is -2.42. The topological polar surface area (TPSA) is 57.9 Å². The van der Waals surface area contributed by atoms with Crippen molar-refractivity contribution in [2.45, 2.75) is 3.79 Å². The van der Waals surface area contributed by atoms with E-state index in [1.807, 2.05) is 29.2 Å². The molecule has 22 heavy (non-hydrogen) atoms. The molecule has 0 aromatic heterocycles. The summed E-state index contributed by atoms with van der Waals surface area (Å²) in [5.41, 5.74) is 0.821. The number of nitrogens with zero attached hydrogens (tertiary/aromatic N) is 2. The van der Waals surface area contributed by atoms with Crippen LogP contribution in [0.5, 0.6) is 5.75 Å². The molecule has 1 fully saturated rings. The Morgan fingerprint density at radius 3 is 2.32 bits per heavy atom. The predicted octanol–water partition coefficient (Wildman–Crippen LogP) is 3.12. The van der Waals surface area contributed by atoms with Crippen molar-refractivity contribution in [2.24, 2.45) is 4.99 Å². The van der Waals surface area contributed by atoms with Gasteiger partial charge in [0, 0.05) is 18.7 Å². The first kappa shape index (κ1) is 17.3. The van der Waals surface area contributed by atoms with Crippen molar-refractivity contribution in [1.29, 1.82) is 5.41 Å². The second kappa shape index (κ2) is 7.51. The van der Waals surface area contributed by atoms with Crippen LogP contribution in [0, 0.1) is 5.41 Å². The maximum absolute atomic E-state index is 7.85. The molecular formula is C14H16Cl3N3O2. The van der Waals surface area contributed by atoms with Crippen molar-refractivity contribution in [3.05, 3.63) is 29.8 Å². The van der Waals surface area contributed by atoms with Crippen molar-refractivity contribution >= 4 is 46.5 Å². The van der Waals surface area contributed by atoms with Crippen LogP contribution in [-0.2, 0) is 4.74 Å². The van der Waals surface area contributed by atoms with Crippen LogP contribution >= 0.6 is 34.8 Å². The van der Waals surface area contributed by atoms with Crippen LogP contribution in [0.1, 0.15) is 5.56 Å². The minimum absolute atomic E-state index is 0.324. The Morgan fingerprint density at radius 1 is 1.23 bits per heavy atom. The zero-order valence-electron chi connectivity index (χ0n) is 12.0. The summed E-state index contributed by atoms with van der Waals surface area (Å²) >= 11 is 17.2. The summed E-state index contributed by atoms with van der Waals surface area (Å²) in [5.74, 6) is 0.999. The molecule has 1 aromatic carbocycles. The number of amidine groups is 2. The normalized spacial score (nSPS) is 16.5. The van der Waals surface area contributed by atoms with Crippen molar-refractivity contribution < 1.29 is 9.47 Å². The predicted molar refractivity (Wildman–Crippen MR) is 89.9 cm³/mol. The van der Waals surface area contributed by atoms with E-state index in [2.05, 4.69) is 4.99 Å². The third-order valence-corrected chi connectivity index (χ3v) is 3.68. The van der Waals surface area contributed by atoms with Gasteiger partial charge in [-0.1, -0.05) is 34.8 Å². The number of rotatable bonds is 2. The van der Waals surface area contributed by atoms with Gasteiger partial charge in [0.2, 0.25) is 3.79 Å². The van der Waals surface area contributed by atoms with Crippen LogP contribution in [0.25, 0.3) is 0 Å². The minimum Gasteiger partial charge on any atom is -0.497 e. The van der Waals surface area contributed by atoms with E-state index in [0.29, 0.717) is 32.1 Å². The summed E-state index contributed by atoms with van der Waals surface area (Å²) in [4.78, 5) is 6.24. The van der Waals surface area contributed by atoms with Crippen molar-refractivity contribution in [3.63, 3.8) is 0 Å². The van der Waals surface area contributed by atoms with Crippen molar-refractivity contribution in [2.75, 3.05) is 33.4 Å². The molecule has 0 radical (unpaired) electrons. The van der Waals surface area contributed by atoms with Crippen LogP contribution in [0.3, 0.4) is 0 Å². The number of hydrogen-bond donors (Lipinski definition) is 1. The molecule has 0 unspecified atom stereocenters. The van der Waals surface area contributed by atoms with Crippen LogP contribution in [0.2, 0.25) is 0 Å². The molecule has 2 rings (SSSR count). The highest BCUT2D eigenvalue weighted by Gasteiger charge is 2.28. The zero-order valence-corrected chi connectivity index (χ0v) is 14.3. The third kappa shape index (κ3) is 4.49. The Balaban J connectivity index is 2.35. The van der Waals surface area contributed by atoms with Crippen molar-refractivity contribution in [3.8, 4) is 5.75 Å². The summed E-state index contributed by atoms with van der Waals surface area (Å²) in [6.07, 6.45) is 0. The molecule has 0 aliphatic carbocycles. The monoisotopic (exact) mass is 363 g/mol. The number of halogens is 3. The summed E-state index contributed by atoms with van der Waals surface area (Å²) in [6, 6.07) is 7.37. The molecule has 5 nitrogen and oxygen atoms in total. The molecule has 120 valence electrons. The van der Waals surface area contributed by atoms with Gasteiger partial charge in [-0.05, 0) is 24.3 Å². The maximum atomic E-state index is 7.85. The second-order valence-corrected chi connectivity index (χ2v) is 6.89. The molecule has 1 aliphatic heterocycles. The lowest BCUT2D eigenvalue weighted by atomic mass is 10.1. The molecule has 1 aromatic rings. The van der Waals surface area contributed by atoms with E-state index >= 15 is 0 Å². The minimum atomic E-state index is -1.86. The van der Waals surface area contributed by atoms with E-state index in [1.54, 1.807) is 7.11 Å². The van der Waals surface area contributed by atoms with E-state index in [4.69, 9.17) is 49.7 Å². The number of nitrogens with one attached hydrogen (secondary N) is 1. The summed E-state index contributed by atoms with van der Waals surface area (Å²) < 4.78 is 8.64. The summed E-state index contributed by atoms with van der Waals surface area (Å²) in [6.45, 7) is 2.52. The van der Waals surface area contributed by atoms with Gasteiger partial charge in [-0.3, -0.25) is 5.41 Å². The molecule has 0 amide bonds. The first-order valence-corrected chi connectivity index (χ1v) is 7.77. The average Bonchev–Trinajstić information content (AvgIpc) is 2.52. The molecule has 0 bridgehead atoms. The third-order valence-electron chi connectivity index (χ3n) is 3.15. The fourth-order valence-corrected chi connectivity index (χ4v) is 2.13. The molecule has 1 aliphatic rings. The number of aliphatic imine (C=N–C) groups is 1. The van der Waals surface area contributed by atoms with Crippen LogP contribution in [0.4, 0.5) is 0 Å². The first-order valence-electron chi connectivity index (χ1n) is 6.63. The Morgan fingerprint density at radius 2 is 1.82 bits per heavy atom. The Labute approximate surface area is 144 Å². The Bertz CT molecular complexity index is 549. The van der Waals surface area contributed by atoms with Gasteiger partial charge in [0.15, 0.2) is 5.84 Å². The van der Waals surface area contributed by atoms with Crippen LogP contribution < -0.4 is 4.74 Å². The number of methoxy groups -OCH3 is 1. The molecule has 0 spiro atoms. The number of alkyl halides is 3. The summed E-state index contributed by atoms with van der Waals surface area (Å²) in [5, 5.41) is 7.85. The smallest absolute Gasteiger partial charge is 0.249 e. The molecular weight excluding hydrogens is 349 g/mol. The van der Waals surface area contributed by atoms with Gasteiger partial charge >= 0.3 is 0 Å². The largest absolute Gasteiger partial charge is 0.497 e. The maximum Gasteiger partial charge on any atom is 0.249 e. The Hall–Kier alpha value is -1.01. The van der Waals surface area contributed by atoms with Gasteiger partial charge in [-0.25, -0.2) is 4.99 Å². The quantitative estimate of drug-likeness (QED) is 0.498. The highest BCUT2D eigenvalue weighted by atomic mass is 35.6. The van der Waals surface area contributed by atoms with Gasteiger partial charge in [0.05, 0.1) is 20.3 Å². The number of morpholine rings is 1. The number of benzene rings is 1. The lowest BCUT2D eigenvalue weighted by molar-refractivity contribution is 0.0683. The van der Waals surface area contributed by atoms with Gasteiger partial charge in [0.25, 0.3) is 0 Å². The highest BCUT2D eigenvalue weighted by Crippen LogP contribution is 2.28. The first-order chi connectivity index (χ1) is 10.4. The second-order valence-electron chi connectivity index (χ2n) is 4.61. The van der Waals surface area contributed by atoms with Gasteiger partial charge in [0.1, 0.15) is 11.6 Å². The molecule has 0 atom stereocenters. The zero-order chi connectivity index (χ0) is 16.2. The van der Waals surface area contributed by atoms with E-state index in [-0.39, 0.29) is 5.84 Å². The van der Waals surface area contributed by atoms with E-state index < -0.39 is 3.79 Å². The fourth-order valence-electron chi connectivity index (χ4n) is 2.00. The molecule has 0 saturated carbocycles. The van der Waals surface area contributed by atoms with Gasteiger partial charge < -0.3 is 14.4 Å². The Kier molecular flexibility index (Phi) is 5.92. The van der Waals surface area contributed by atoms with E-state index in [9.17, 15) is 0 Å².